The van der Waals surface area contributed by atoms with E-state index in [1.807, 2.05) is 41.0 Å². The van der Waals surface area contributed by atoms with Gasteiger partial charge in [-0.15, -0.1) is 0 Å². The van der Waals surface area contributed by atoms with Gasteiger partial charge in [0.2, 0.25) is 0 Å². The zero-order valence-corrected chi connectivity index (χ0v) is 14.4. The summed E-state index contributed by atoms with van der Waals surface area (Å²) in [7, 11) is 0. The summed E-state index contributed by atoms with van der Waals surface area (Å²) in [6.45, 7) is 6.55. The Morgan fingerprint density at radius 2 is 1.48 bits per heavy atom. The number of hydrogen-bond donors (Lipinski definition) is 1. The maximum atomic E-state index is 12.7. The first-order valence-electron chi connectivity index (χ1n) is 8.55. The number of nitrogens with one attached hydrogen (secondary N) is 1. The predicted octanol–water partition coefficient (Wildman–Crippen LogP) is 1.27. The lowest BCUT2D eigenvalue weighted by Crippen LogP contribution is -2.36. The minimum atomic E-state index is -0.0722. The molecule has 1 N–H and O–H groups in total. The van der Waals surface area contributed by atoms with Gasteiger partial charge in [-0.05, 0) is 26.0 Å². The van der Waals surface area contributed by atoms with Crippen molar-refractivity contribution in [3.8, 4) is 0 Å². The summed E-state index contributed by atoms with van der Waals surface area (Å²) in [5, 5.41) is 10.4. The molecular weight excluding hydrogens is 318 g/mol. The summed E-state index contributed by atoms with van der Waals surface area (Å²) >= 11 is 0. The van der Waals surface area contributed by atoms with Gasteiger partial charge >= 0.3 is 0 Å². The van der Waals surface area contributed by atoms with E-state index in [0.717, 1.165) is 11.1 Å². The number of hydrogen-bond acceptors (Lipinski definition) is 4. The van der Waals surface area contributed by atoms with Crippen LogP contribution in [0.25, 0.3) is 0 Å². The van der Waals surface area contributed by atoms with E-state index in [1.54, 1.807) is 6.92 Å². The Kier molecular flexibility index (Phi) is 3.78. The molecule has 2 saturated heterocycles. The fourth-order valence-electron chi connectivity index (χ4n) is 3.84. The summed E-state index contributed by atoms with van der Waals surface area (Å²) in [4.78, 5) is 29.0. The molecule has 0 saturated carbocycles. The maximum absolute atomic E-state index is 12.7. The number of carbonyl (C=O) groups is 2. The largest absolute Gasteiger partial charge is 0.338 e. The average Bonchev–Trinajstić information content (AvgIpc) is 3.28. The molecule has 7 nitrogen and oxygen atoms in total. The van der Waals surface area contributed by atoms with E-state index >= 15 is 0 Å². The highest BCUT2D eigenvalue weighted by Gasteiger charge is 2.43. The fraction of sp³-hybridized carbons (Fsp3) is 0.444. The monoisotopic (exact) mass is 339 g/mol. The smallest absolute Gasteiger partial charge is 0.276 e. The van der Waals surface area contributed by atoms with Crippen molar-refractivity contribution in [3.05, 3.63) is 46.8 Å². The summed E-state index contributed by atoms with van der Waals surface area (Å²) in [5.41, 5.74) is 2.90. The van der Waals surface area contributed by atoms with E-state index < -0.39 is 0 Å². The molecule has 3 heterocycles. The number of carbonyl (C=O) groups excluding carboxylic acids is 2. The number of nitrogens with zero attached hydrogens (tertiary/aromatic N) is 4. The third kappa shape index (κ3) is 2.79. The number of H-pyrrole nitrogens is 1. The van der Waals surface area contributed by atoms with Crippen molar-refractivity contribution in [1.82, 2.24) is 25.2 Å². The molecule has 130 valence electrons. The van der Waals surface area contributed by atoms with Gasteiger partial charge in [-0.1, -0.05) is 17.7 Å². The second-order valence-corrected chi connectivity index (χ2v) is 7.06. The first-order valence-corrected chi connectivity index (χ1v) is 8.55. The van der Waals surface area contributed by atoms with Gasteiger partial charge in [0, 0.05) is 43.6 Å². The average molecular weight is 339 g/mol. The second-order valence-electron chi connectivity index (χ2n) is 7.06. The minimum absolute atomic E-state index is 0.0722. The fourth-order valence-corrected chi connectivity index (χ4v) is 3.84. The lowest BCUT2D eigenvalue weighted by Gasteiger charge is -2.21. The number of aryl methyl sites for hydroxylation is 2. The van der Waals surface area contributed by atoms with Gasteiger partial charge in [0.15, 0.2) is 5.69 Å². The first-order chi connectivity index (χ1) is 12.0. The maximum Gasteiger partial charge on any atom is 0.276 e. The van der Waals surface area contributed by atoms with Gasteiger partial charge < -0.3 is 9.80 Å². The van der Waals surface area contributed by atoms with Crippen LogP contribution in [0, 0.1) is 25.7 Å². The number of amides is 2. The van der Waals surface area contributed by atoms with E-state index in [4.69, 9.17) is 0 Å². The van der Waals surface area contributed by atoms with E-state index in [1.165, 1.54) is 0 Å². The van der Waals surface area contributed by atoms with Gasteiger partial charge in [0.25, 0.3) is 11.8 Å². The number of benzene rings is 1. The van der Waals surface area contributed by atoms with Gasteiger partial charge in [0.05, 0.1) is 5.69 Å². The van der Waals surface area contributed by atoms with Crippen molar-refractivity contribution in [2.75, 3.05) is 26.2 Å². The number of likely N-dealkylation sites (tertiary alicyclic amines) is 2. The van der Waals surface area contributed by atoms with Crippen molar-refractivity contribution in [1.29, 1.82) is 0 Å². The Morgan fingerprint density at radius 3 is 2.00 bits per heavy atom. The highest BCUT2D eigenvalue weighted by atomic mass is 16.2. The van der Waals surface area contributed by atoms with Crippen LogP contribution < -0.4 is 0 Å². The van der Waals surface area contributed by atoms with Crippen LogP contribution in [0.2, 0.25) is 0 Å². The highest BCUT2D eigenvalue weighted by molar-refractivity contribution is 5.95. The van der Waals surface area contributed by atoms with Crippen LogP contribution >= 0.6 is 0 Å². The standard InChI is InChI=1S/C18H21N5O2/c1-11-3-5-13(6-4-11)17(24)22-7-14-9-23(10-15(14)8-22)18(25)16-12(2)19-21-20-16/h3-6,14-15H,7-10H2,1-2H3,(H,19,20,21). The summed E-state index contributed by atoms with van der Waals surface area (Å²) in [5.74, 6) is 0.688. The van der Waals surface area contributed by atoms with Crippen LogP contribution in [0.1, 0.15) is 32.1 Å². The quantitative estimate of drug-likeness (QED) is 0.893. The van der Waals surface area contributed by atoms with Crippen molar-refractivity contribution >= 4 is 11.8 Å². The van der Waals surface area contributed by atoms with Crippen LogP contribution in [-0.4, -0.2) is 63.2 Å². The molecule has 4 rings (SSSR count). The predicted molar refractivity (Wildman–Crippen MR) is 91.1 cm³/mol. The molecule has 1 aromatic heterocycles. The molecule has 0 spiro atoms. The van der Waals surface area contributed by atoms with Gasteiger partial charge in [-0.2, -0.15) is 15.4 Å². The third-order valence-corrected chi connectivity index (χ3v) is 5.28. The molecule has 7 heteroatoms. The Balaban J connectivity index is 1.41. The SMILES string of the molecule is Cc1ccc(C(=O)N2CC3CN(C(=O)c4n[nH]nc4C)CC3C2)cc1. The molecule has 0 bridgehead atoms. The van der Waals surface area contributed by atoms with Gasteiger partial charge in [0.1, 0.15) is 0 Å². The molecular formula is C18H21N5O2. The molecule has 2 fully saturated rings. The molecule has 2 atom stereocenters. The van der Waals surface area contributed by atoms with Crippen molar-refractivity contribution < 1.29 is 9.59 Å². The second kappa shape index (κ2) is 5.98. The number of aromatic nitrogens is 3. The van der Waals surface area contributed by atoms with Crippen LogP contribution in [0.4, 0.5) is 0 Å². The molecule has 0 aliphatic carbocycles. The topological polar surface area (TPSA) is 82.2 Å². The third-order valence-electron chi connectivity index (χ3n) is 5.28. The van der Waals surface area contributed by atoms with Crippen molar-refractivity contribution in [2.45, 2.75) is 13.8 Å². The highest BCUT2D eigenvalue weighted by Crippen LogP contribution is 2.32. The Labute approximate surface area is 146 Å². The van der Waals surface area contributed by atoms with E-state index in [-0.39, 0.29) is 11.8 Å². The molecule has 2 unspecified atom stereocenters. The molecule has 2 aliphatic heterocycles. The Morgan fingerprint density at radius 1 is 0.920 bits per heavy atom. The van der Waals surface area contributed by atoms with E-state index in [9.17, 15) is 9.59 Å². The Bertz CT molecular complexity index is 799. The lowest BCUT2D eigenvalue weighted by atomic mass is 10.0. The number of fused-ring (bicyclic) bond motifs is 1. The normalized spacial score (nSPS) is 22.3. The summed E-state index contributed by atoms with van der Waals surface area (Å²) < 4.78 is 0. The number of aromatic amines is 1. The van der Waals surface area contributed by atoms with Crippen molar-refractivity contribution in [3.63, 3.8) is 0 Å². The molecule has 2 aliphatic rings. The minimum Gasteiger partial charge on any atom is -0.338 e. The lowest BCUT2D eigenvalue weighted by molar-refractivity contribution is 0.0735. The van der Waals surface area contributed by atoms with Gasteiger partial charge in [-0.25, -0.2) is 0 Å². The zero-order chi connectivity index (χ0) is 17.6. The number of rotatable bonds is 2. The summed E-state index contributed by atoms with van der Waals surface area (Å²) in [6, 6.07) is 7.69. The molecule has 2 amide bonds. The molecule has 2 aromatic rings. The zero-order valence-electron chi connectivity index (χ0n) is 14.4. The molecule has 0 radical (unpaired) electrons. The van der Waals surface area contributed by atoms with Gasteiger partial charge in [-0.3, -0.25) is 9.59 Å². The van der Waals surface area contributed by atoms with Crippen LogP contribution in [0.15, 0.2) is 24.3 Å². The van der Waals surface area contributed by atoms with Crippen LogP contribution in [0.3, 0.4) is 0 Å². The van der Waals surface area contributed by atoms with Crippen LogP contribution in [0.5, 0.6) is 0 Å². The molecule has 25 heavy (non-hydrogen) atoms. The molecule has 1 aromatic carbocycles. The van der Waals surface area contributed by atoms with Crippen LogP contribution in [-0.2, 0) is 0 Å². The first kappa shape index (κ1) is 15.8. The van der Waals surface area contributed by atoms with Crippen molar-refractivity contribution in [2.24, 2.45) is 11.8 Å². The Hall–Kier alpha value is -2.70. The van der Waals surface area contributed by atoms with E-state index in [0.29, 0.717) is 49.4 Å². The van der Waals surface area contributed by atoms with E-state index in [2.05, 4.69) is 15.4 Å². The summed E-state index contributed by atoms with van der Waals surface area (Å²) in [6.07, 6.45) is 0.